The zero-order chi connectivity index (χ0) is 21.0. The largest absolute Gasteiger partial charge is 0.487 e. The Bertz CT molecular complexity index is 1180. The minimum Gasteiger partial charge on any atom is -0.487 e. The van der Waals surface area contributed by atoms with Gasteiger partial charge in [-0.25, -0.2) is 9.03 Å². The zero-order valence-corrected chi connectivity index (χ0v) is 16.7. The van der Waals surface area contributed by atoms with Crippen LogP contribution in [0.1, 0.15) is 16.7 Å². The number of carbonyl (C=O) groups excluding carboxylic acids is 1. The molecular weight excluding hydrogens is 402 g/mol. The van der Waals surface area contributed by atoms with Gasteiger partial charge in [-0.2, -0.15) is 8.42 Å². The lowest BCUT2D eigenvalue weighted by molar-refractivity contribution is -0.117. The number of nitrogens with zero attached hydrogens (tertiary/aromatic N) is 2. The first-order valence-electron chi connectivity index (χ1n) is 9.23. The van der Waals surface area contributed by atoms with Crippen LogP contribution in [0.15, 0.2) is 73.1 Å². The van der Waals surface area contributed by atoms with Crippen molar-refractivity contribution >= 4 is 34.0 Å². The molecular formula is C22H19N3O4S. The second-order valence-corrected chi connectivity index (χ2v) is 8.25. The number of nitrogens with one attached hydrogen (secondary N) is 1. The van der Waals surface area contributed by atoms with Gasteiger partial charge in [-0.1, -0.05) is 54.6 Å². The van der Waals surface area contributed by atoms with E-state index in [-0.39, 0.29) is 13.2 Å². The van der Waals surface area contributed by atoms with E-state index in [0.29, 0.717) is 11.4 Å². The quantitative estimate of drug-likeness (QED) is 0.661. The van der Waals surface area contributed by atoms with Crippen LogP contribution in [-0.2, 0) is 21.6 Å². The van der Waals surface area contributed by atoms with Gasteiger partial charge in [0.25, 0.3) is 5.91 Å². The number of ether oxygens (including phenoxy) is 1. The molecule has 1 saturated heterocycles. The highest BCUT2D eigenvalue weighted by molar-refractivity contribution is 7.92. The fourth-order valence-electron chi connectivity index (χ4n) is 3.02. The topological polar surface area (TPSA) is 88.6 Å². The van der Waals surface area contributed by atoms with Crippen molar-refractivity contribution in [2.45, 2.75) is 6.61 Å². The van der Waals surface area contributed by atoms with Crippen LogP contribution in [0, 0.1) is 0 Å². The van der Waals surface area contributed by atoms with Gasteiger partial charge in [0.15, 0.2) is 0 Å². The maximum atomic E-state index is 12.3. The van der Waals surface area contributed by atoms with Crippen molar-refractivity contribution in [2.24, 2.45) is 0 Å². The molecule has 1 aliphatic heterocycles. The van der Waals surface area contributed by atoms with Crippen LogP contribution in [0.3, 0.4) is 0 Å². The lowest BCUT2D eigenvalue weighted by atomic mass is 10.1. The second-order valence-electron chi connectivity index (χ2n) is 6.66. The van der Waals surface area contributed by atoms with Crippen molar-refractivity contribution in [1.82, 2.24) is 9.71 Å². The highest BCUT2D eigenvalue weighted by atomic mass is 32.2. The Morgan fingerprint density at radius 2 is 1.83 bits per heavy atom. The number of rotatable bonds is 6. The summed E-state index contributed by atoms with van der Waals surface area (Å²) in [6.07, 6.45) is 7.23. The molecule has 1 aliphatic rings. The third-order valence-corrected chi connectivity index (χ3v) is 5.85. The molecule has 0 radical (unpaired) electrons. The molecule has 3 aromatic rings. The van der Waals surface area contributed by atoms with E-state index in [1.54, 1.807) is 30.6 Å². The van der Waals surface area contributed by atoms with Gasteiger partial charge in [0.05, 0.1) is 5.69 Å². The molecule has 7 nitrogen and oxygen atoms in total. The molecule has 0 saturated carbocycles. The van der Waals surface area contributed by atoms with Crippen molar-refractivity contribution in [3.8, 4) is 5.75 Å². The monoisotopic (exact) mass is 421 g/mol. The van der Waals surface area contributed by atoms with Crippen molar-refractivity contribution in [3.63, 3.8) is 0 Å². The van der Waals surface area contributed by atoms with E-state index in [9.17, 15) is 13.2 Å². The number of hydrogen-bond donors (Lipinski definition) is 1. The summed E-state index contributed by atoms with van der Waals surface area (Å²) in [4.78, 5) is 15.7. The molecule has 152 valence electrons. The highest BCUT2D eigenvalue weighted by Gasteiger charge is 2.35. The molecule has 2 aromatic carbocycles. The molecule has 4 rings (SSSR count). The average molecular weight is 421 g/mol. The van der Waals surface area contributed by atoms with Crippen LogP contribution in [0.2, 0.25) is 0 Å². The van der Waals surface area contributed by atoms with Gasteiger partial charge in [0, 0.05) is 12.4 Å². The predicted molar refractivity (Wildman–Crippen MR) is 115 cm³/mol. The third kappa shape index (κ3) is 4.49. The van der Waals surface area contributed by atoms with Crippen LogP contribution in [0.25, 0.3) is 12.2 Å². The fourth-order valence-corrected chi connectivity index (χ4v) is 4.18. The van der Waals surface area contributed by atoms with Gasteiger partial charge >= 0.3 is 10.2 Å². The molecule has 1 N–H and O–H groups in total. The second kappa shape index (κ2) is 8.38. The number of amides is 1. The Labute approximate surface area is 174 Å². The summed E-state index contributed by atoms with van der Waals surface area (Å²) in [5.41, 5.74) is 3.01. The first-order valence-corrected chi connectivity index (χ1v) is 10.7. The van der Waals surface area contributed by atoms with Gasteiger partial charge in [-0.05, 0) is 34.9 Å². The zero-order valence-electron chi connectivity index (χ0n) is 15.9. The minimum absolute atomic E-state index is 0.263. The van der Waals surface area contributed by atoms with E-state index in [2.05, 4.69) is 4.98 Å². The molecule has 0 spiro atoms. The summed E-state index contributed by atoms with van der Waals surface area (Å²) >= 11 is 0. The third-order valence-electron chi connectivity index (χ3n) is 4.46. The molecule has 0 unspecified atom stereocenters. The van der Waals surface area contributed by atoms with Crippen molar-refractivity contribution in [1.29, 1.82) is 0 Å². The molecule has 1 fully saturated rings. The number of aromatic nitrogens is 1. The standard InChI is InChI=1S/C22H19N3O4S/c26-22-15-25(30(27,28)24-22)20-11-10-17(8-9-18-7-4-12-23-14-18)13-21(20)29-16-19-5-2-1-3-6-19/h1-14H,15-16H2,(H,24,26)/b9-8+. The summed E-state index contributed by atoms with van der Waals surface area (Å²) in [7, 11) is -3.94. The van der Waals surface area contributed by atoms with Crippen molar-refractivity contribution < 1.29 is 17.9 Å². The first kappa shape index (κ1) is 19.7. The lowest BCUT2D eigenvalue weighted by Crippen LogP contribution is -2.29. The predicted octanol–water partition coefficient (Wildman–Crippen LogP) is 3.01. The van der Waals surface area contributed by atoms with Gasteiger partial charge in [0.1, 0.15) is 18.9 Å². The molecule has 0 bridgehead atoms. The van der Waals surface area contributed by atoms with Crippen LogP contribution in [0.4, 0.5) is 5.69 Å². The van der Waals surface area contributed by atoms with Crippen LogP contribution in [-0.4, -0.2) is 25.9 Å². The molecule has 30 heavy (non-hydrogen) atoms. The fraction of sp³-hybridized carbons (Fsp3) is 0.0909. The smallest absolute Gasteiger partial charge is 0.326 e. The molecule has 0 aliphatic carbocycles. The number of hydrogen-bond acceptors (Lipinski definition) is 5. The van der Waals surface area contributed by atoms with Gasteiger partial charge < -0.3 is 4.74 Å². The van der Waals surface area contributed by atoms with E-state index < -0.39 is 16.1 Å². The maximum absolute atomic E-state index is 12.3. The summed E-state index contributed by atoms with van der Waals surface area (Å²) in [5.74, 6) is -0.211. The highest BCUT2D eigenvalue weighted by Crippen LogP contribution is 2.33. The maximum Gasteiger partial charge on any atom is 0.326 e. The molecule has 0 atom stereocenters. The normalized spacial score (nSPS) is 15.3. The van der Waals surface area contributed by atoms with Crippen LogP contribution < -0.4 is 13.8 Å². The van der Waals surface area contributed by atoms with Gasteiger partial charge in [-0.3, -0.25) is 9.78 Å². The summed E-state index contributed by atoms with van der Waals surface area (Å²) in [6, 6.07) is 18.5. The van der Waals surface area contributed by atoms with Crippen molar-refractivity contribution in [3.05, 3.63) is 89.7 Å². The number of benzene rings is 2. The summed E-state index contributed by atoms with van der Waals surface area (Å²) in [5, 5.41) is 0. The minimum atomic E-state index is -3.94. The molecule has 2 heterocycles. The van der Waals surface area contributed by atoms with E-state index in [1.165, 1.54) is 0 Å². The van der Waals surface area contributed by atoms with Crippen LogP contribution >= 0.6 is 0 Å². The lowest BCUT2D eigenvalue weighted by Gasteiger charge is -2.19. The van der Waals surface area contributed by atoms with Gasteiger partial charge in [-0.15, -0.1) is 0 Å². The Morgan fingerprint density at radius 1 is 1.03 bits per heavy atom. The Hall–Kier alpha value is -3.65. The first-order chi connectivity index (χ1) is 14.5. The van der Waals surface area contributed by atoms with E-state index in [4.69, 9.17) is 4.74 Å². The molecule has 8 heteroatoms. The SMILES string of the molecule is O=C1CN(c2ccc(/C=C/c3cccnc3)cc2OCc2ccccc2)S(=O)(=O)N1. The summed E-state index contributed by atoms with van der Waals surface area (Å²) in [6.45, 7) is -0.0201. The molecule has 1 aromatic heterocycles. The summed E-state index contributed by atoms with van der Waals surface area (Å²) < 4.78 is 33.6. The number of carbonyl (C=O) groups is 1. The van der Waals surface area contributed by atoms with Crippen LogP contribution in [0.5, 0.6) is 5.75 Å². The Kier molecular flexibility index (Phi) is 5.49. The average Bonchev–Trinajstić information content (AvgIpc) is 3.04. The number of anilines is 1. The van der Waals surface area contributed by atoms with E-state index in [0.717, 1.165) is 21.0 Å². The molecule has 1 amide bonds. The van der Waals surface area contributed by atoms with Gasteiger partial charge in [0.2, 0.25) is 0 Å². The van der Waals surface area contributed by atoms with E-state index in [1.807, 2.05) is 59.3 Å². The van der Waals surface area contributed by atoms with Crippen molar-refractivity contribution in [2.75, 3.05) is 10.8 Å². The Morgan fingerprint density at radius 3 is 2.53 bits per heavy atom. The number of pyridine rings is 1. The van der Waals surface area contributed by atoms with E-state index >= 15 is 0 Å². The Balaban J connectivity index is 1.66.